The molecule has 0 bridgehead atoms. The highest BCUT2D eigenvalue weighted by molar-refractivity contribution is 6.64. The summed E-state index contributed by atoms with van der Waals surface area (Å²) in [6.45, 7) is 12.4. The summed E-state index contributed by atoms with van der Waals surface area (Å²) in [4.78, 5) is 14.5. The highest BCUT2D eigenvalue weighted by atomic mass is 16.7. The van der Waals surface area contributed by atoms with Crippen LogP contribution in [0.4, 0.5) is 0 Å². The van der Waals surface area contributed by atoms with Crippen molar-refractivity contribution in [2.75, 3.05) is 0 Å². The molecule has 7 aromatic rings. The molecule has 0 atom stereocenters. The lowest BCUT2D eigenvalue weighted by Crippen LogP contribution is -2.41. The molecule has 2 aliphatic rings. The maximum Gasteiger partial charge on any atom is 0.495 e. The number of aromatic nitrogens is 3. The summed E-state index contributed by atoms with van der Waals surface area (Å²) < 4.78 is 13.8. The van der Waals surface area contributed by atoms with Crippen LogP contribution in [0.15, 0.2) is 158 Å². The molecule has 0 amide bonds. The zero-order chi connectivity index (χ0) is 37.5. The van der Waals surface area contributed by atoms with Crippen LogP contribution in [0, 0.1) is 0 Å². The second kappa shape index (κ2) is 13.9. The van der Waals surface area contributed by atoms with E-state index in [0.29, 0.717) is 0 Å². The quantitative estimate of drug-likeness (QED) is 0.161. The average molecular weight is 706 g/mol. The van der Waals surface area contributed by atoms with Gasteiger partial charge in [0.1, 0.15) is 0 Å². The molecule has 1 saturated heterocycles. The predicted molar refractivity (Wildman–Crippen MR) is 221 cm³/mol. The molecule has 0 saturated carbocycles. The number of hydrogen-bond donors (Lipinski definition) is 0. The molecule has 1 aliphatic carbocycles. The molecule has 0 radical (unpaired) electrons. The van der Waals surface area contributed by atoms with Gasteiger partial charge in [0.05, 0.1) is 39.4 Å². The third kappa shape index (κ3) is 5.78. The summed E-state index contributed by atoms with van der Waals surface area (Å²) in [5.41, 5.74) is 11.7. The van der Waals surface area contributed by atoms with Crippen molar-refractivity contribution in [3.8, 4) is 45.0 Å². The molecule has 9 rings (SSSR count). The highest BCUT2D eigenvalue weighted by Gasteiger charge is 2.54. The highest BCUT2D eigenvalue weighted by Crippen LogP contribution is 2.56. The van der Waals surface area contributed by atoms with E-state index in [9.17, 15) is 0 Å². The Morgan fingerprint density at radius 1 is 0.463 bits per heavy atom. The van der Waals surface area contributed by atoms with Crippen LogP contribution in [0.1, 0.15) is 63.8 Å². The van der Waals surface area contributed by atoms with Crippen LogP contribution in [-0.4, -0.2) is 33.3 Å². The zero-order valence-corrected chi connectivity index (χ0v) is 31.7. The maximum atomic E-state index is 6.90. The van der Waals surface area contributed by atoms with Crippen molar-refractivity contribution >= 4 is 12.6 Å². The van der Waals surface area contributed by atoms with Crippen molar-refractivity contribution in [2.45, 2.75) is 58.2 Å². The van der Waals surface area contributed by atoms with Gasteiger partial charge in [-0.05, 0) is 120 Å². The van der Waals surface area contributed by atoms with Crippen molar-refractivity contribution in [3.05, 3.63) is 180 Å². The van der Waals surface area contributed by atoms with Crippen molar-refractivity contribution < 1.29 is 9.31 Å². The Kier molecular flexibility index (Phi) is 9.13. The lowest BCUT2D eigenvalue weighted by molar-refractivity contribution is 0.00578. The smallest absolute Gasteiger partial charge is 0.399 e. The molecular weight excluding hydrogens is 661 g/mol. The molecule has 6 heteroatoms. The number of rotatable bonds is 6. The van der Waals surface area contributed by atoms with E-state index in [0.717, 1.165) is 39.4 Å². The predicted octanol–water partition coefficient (Wildman–Crippen LogP) is 10.6. The van der Waals surface area contributed by atoms with E-state index in [-0.39, 0.29) is 0 Å². The fourth-order valence-electron chi connectivity index (χ4n) is 7.90. The molecule has 1 fully saturated rings. The van der Waals surface area contributed by atoms with Crippen LogP contribution in [0.5, 0.6) is 0 Å². The van der Waals surface area contributed by atoms with Crippen LogP contribution in [0.3, 0.4) is 0 Å². The maximum absolute atomic E-state index is 6.90. The summed E-state index contributed by atoms with van der Waals surface area (Å²) in [5.74, 6) is 0. The molecule has 5 nitrogen and oxygen atoms in total. The van der Waals surface area contributed by atoms with Gasteiger partial charge >= 0.3 is 7.12 Å². The third-order valence-electron chi connectivity index (χ3n) is 11.1. The SMILES string of the molecule is CC.CC1(C)OB(c2cc3c(cc2-c2cc(-c4ccccn4)nc(-c4ccccn4)c2)-c2ccccc2C3(c2ccccc2)c2ccccc2)OC1(C)C. The Hall–Kier alpha value is -5.69. The normalized spacial score (nSPS) is 15.9. The average Bonchev–Trinajstić information content (AvgIpc) is 3.64. The van der Waals surface area contributed by atoms with E-state index >= 15 is 0 Å². The molecule has 0 N–H and O–H groups in total. The number of fused-ring (bicyclic) bond motifs is 3. The largest absolute Gasteiger partial charge is 0.495 e. The Labute approximate surface area is 319 Å². The summed E-state index contributed by atoms with van der Waals surface area (Å²) in [6, 6.07) is 51.4. The first-order valence-corrected chi connectivity index (χ1v) is 18.9. The van der Waals surface area contributed by atoms with E-state index in [1.54, 1.807) is 12.4 Å². The van der Waals surface area contributed by atoms with Crippen LogP contribution in [-0.2, 0) is 14.7 Å². The summed E-state index contributed by atoms with van der Waals surface area (Å²) in [6.07, 6.45) is 3.61. The van der Waals surface area contributed by atoms with Gasteiger partial charge in [-0.2, -0.15) is 0 Å². The summed E-state index contributed by atoms with van der Waals surface area (Å²) in [5, 5.41) is 0. The molecule has 3 aromatic heterocycles. The second-order valence-electron chi connectivity index (χ2n) is 14.7. The van der Waals surface area contributed by atoms with E-state index < -0.39 is 23.7 Å². The Bertz CT molecular complexity index is 2300. The monoisotopic (exact) mass is 705 g/mol. The number of nitrogens with zero attached hydrogens (tertiary/aromatic N) is 3. The first-order valence-electron chi connectivity index (χ1n) is 18.9. The minimum absolute atomic E-state index is 0.538. The van der Waals surface area contributed by atoms with Crippen molar-refractivity contribution in [2.24, 2.45) is 0 Å². The van der Waals surface area contributed by atoms with Crippen LogP contribution in [0.25, 0.3) is 45.0 Å². The first-order chi connectivity index (χ1) is 26.3. The van der Waals surface area contributed by atoms with Crippen molar-refractivity contribution in [1.82, 2.24) is 15.0 Å². The lowest BCUT2D eigenvalue weighted by Gasteiger charge is -2.34. The van der Waals surface area contributed by atoms with E-state index in [4.69, 9.17) is 24.3 Å². The van der Waals surface area contributed by atoms with Gasteiger partial charge in [-0.15, -0.1) is 0 Å². The minimum atomic E-state index is -0.622. The number of benzene rings is 4. The molecule has 0 spiro atoms. The minimum Gasteiger partial charge on any atom is -0.399 e. The van der Waals surface area contributed by atoms with E-state index in [1.807, 2.05) is 50.2 Å². The molecule has 1 aliphatic heterocycles. The van der Waals surface area contributed by atoms with Gasteiger partial charge in [0.15, 0.2) is 0 Å². The van der Waals surface area contributed by atoms with Gasteiger partial charge in [0, 0.05) is 12.4 Å². The topological polar surface area (TPSA) is 57.1 Å². The fourth-order valence-corrected chi connectivity index (χ4v) is 7.90. The van der Waals surface area contributed by atoms with Crippen molar-refractivity contribution in [1.29, 1.82) is 0 Å². The third-order valence-corrected chi connectivity index (χ3v) is 11.1. The first kappa shape index (κ1) is 35.4. The lowest BCUT2D eigenvalue weighted by atomic mass is 9.65. The molecule has 4 heterocycles. The summed E-state index contributed by atoms with van der Waals surface area (Å²) in [7, 11) is -0.622. The van der Waals surface area contributed by atoms with Gasteiger partial charge in [-0.25, -0.2) is 4.98 Å². The number of pyridine rings is 3. The second-order valence-corrected chi connectivity index (χ2v) is 14.7. The molecular formula is C48H44BN3O2. The molecule has 266 valence electrons. The van der Waals surface area contributed by atoms with Crippen molar-refractivity contribution in [3.63, 3.8) is 0 Å². The van der Waals surface area contributed by atoms with Gasteiger partial charge in [0.25, 0.3) is 0 Å². The Balaban J connectivity index is 0.00000203. The molecule has 54 heavy (non-hydrogen) atoms. The van der Waals surface area contributed by atoms with Gasteiger partial charge in [-0.3, -0.25) is 9.97 Å². The van der Waals surface area contributed by atoms with Gasteiger partial charge in [0.2, 0.25) is 0 Å². The van der Waals surface area contributed by atoms with Gasteiger partial charge < -0.3 is 9.31 Å². The molecule has 4 aromatic carbocycles. The van der Waals surface area contributed by atoms with Crippen LogP contribution < -0.4 is 5.46 Å². The zero-order valence-electron chi connectivity index (χ0n) is 31.7. The molecule has 0 unspecified atom stereocenters. The van der Waals surface area contributed by atoms with Crippen LogP contribution >= 0.6 is 0 Å². The number of hydrogen-bond acceptors (Lipinski definition) is 5. The summed E-state index contributed by atoms with van der Waals surface area (Å²) >= 11 is 0. The van der Waals surface area contributed by atoms with E-state index in [2.05, 4.69) is 137 Å². The van der Waals surface area contributed by atoms with Crippen LogP contribution in [0.2, 0.25) is 0 Å². The standard InChI is InChI=1S/C46H38BN3O2.C2H6/c1-44(2)45(3,4)52-47(51-44)39-30-38-36(34-21-11-12-22-37(34)46(38,32-17-7-5-8-18-32)33-19-9-6-10-20-33)29-35(39)31-27-42(40-23-13-15-25-48-40)50-43(28-31)41-24-14-16-26-49-41;1-2/h5-30H,1-4H3;1-2H3. The fraction of sp³-hybridized carbons (Fsp3) is 0.188. The Morgan fingerprint density at radius 3 is 1.48 bits per heavy atom. The van der Waals surface area contributed by atoms with E-state index in [1.165, 1.54) is 33.4 Å². The Morgan fingerprint density at radius 2 is 0.963 bits per heavy atom. The van der Waals surface area contributed by atoms with Gasteiger partial charge in [-0.1, -0.05) is 117 Å².